The van der Waals surface area contributed by atoms with Crippen LogP contribution in [0.3, 0.4) is 0 Å². The summed E-state index contributed by atoms with van der Waals surface area (Å²) >= 11 is 2.10. The van der Waals surface area contributed by atoms with E-state index >= 15 is 0 Å². The normalized spacial score (nSPS) is 34.2. The van der Waals surface area contributed by atoms with Crippen LogP contribution in [0, 0.1) is 5.41 Å². The Balaban J connectivity index is 1.50. The van der Waals surface area contributed by atoms with E-state index in [1.165, 1.54) is 62.9 Å². The van der Waals surface area contributed by atoms with Gasteiger partial charge in [-0.15, -0.1) is 0 Å². The molecule has 0 aromatic heterocycles. The lowest BCUT2D eigenvalue weighted by atomic mass is 9.75. The zero-order valence-electron chi connectivity index (χ0n) is 13.2. The summed E-state index contributed by atoms with van der Waals surface area (Å²) in [4.78, 5) is 0. The van der Waals surface area contributed by atoms with Crippen LogP contribution in [0.25, 0.3) is 0 Å². The number of hydrogen-bond donors (Lipinski definition) is 1. The minimum absolute atomic E-state index is 0.231. The monoisotopic (exact) mass is 297 g/mol. The van der Waals surface area contributed by atoms with Crippen LogP contribution in [-0.4, -0.2) is 35.8 Å². The van der Waals surface area contributed by atoms with Crippen molar-refractivity contribution in [2.45, 2.75) is 82.9 Å². The molecule has 1 saturated carbocycles. The van der Waals surface area contributed by atoms with Crippen molar-refractivity contribution < 1.29 is 4.74 Å². The lowest BCUT2D eigenvalue weighted by molar-refractivity contribution is -0.0948. The van der Waals surface area contributed by atoms with Crippen molar-refractivity contribution in [1.29, 1.82) is 0 Å². The van der Waals surface area contributed by atoms with Gasteiger partial charge in [0.2, 0.25) is 0 Å². The van der Waals surface area contributed by atoms with E-state index in [2.05, 4.69) is 30.9 Å². The highest BCUT2D eigenvalue weighted by Gasteiger charge is 2.39. The second-order valence-electron chi connectivity index (χ2n) is 7.94. The molecule has 1 unspecified atom stereocenters. The zero-order valence-corrected chi connectivity index (χ0v) is 14.1. The van der Waals surface area contributed by atoms with Crippen LogP contribution >= 0.6 is 11.8 Å². The molecule has 3 rings (SSSR count). The molecule has 0 bridgehead atoms. The van der Waals surface area contributed by atoms with Crippen LogP contribution in [0.1, 0.15) is 65.2 Å². The van der Waals surface area contributed by atoms with Gasteiger partial charge in [-0.2, -0.15) is 11.8 Å². The summed E-state index contributed by atoms with van der Waals surface area (Å²) in [5.41, 5.74) is 0.810. The molecule has 0 aromatic rings. The molecule has 2 saturated heterocycles. The van der Waals surface area contributed by atoms with E-state index < -0.39 is 0 Å². The van der Waals surface area contributed by atoms with Gasteiger partial charge in [0.25, 0.3) is 0 Å². The molecule has 2 heterocycles. The molecule has 1 N–H and O–H groups in total. The van der Waals surface area contributed by atoms with E-state index in [0.717, 1.165) is 12.6 Å². The van der Waals surface area contributed by atoms with Crippen LogP contribution < -0.4 is 5.32 Å². The largest absolute Gasteiger partial charge is 0.375 e. The minimum Gasteiger partial charge on any atom is -0.375 e. The summed E-state index contributed by atoms with van der Waals surface area (Å²) < 4.78 is 6.21. The maximum absolute atomic E-state index is 6.21. The summed E-state index contributed by atoms with van der Waals surface area (Å²) in [6.45, 7) is 5.82. The van der Waals surface area contributed by atoms with Crippen molar-refractivity contribution in [3.8, 4) is 0 Å². The Labute approximate surface area is 128 Å². The predicted octanol–water partition coefficient (Wildman–Crippen LogP) is 3.99. The molecular weight excluding hydrogens is 266 g/mol. The van der Waals surface area contributed by atoms with Gasteiger partial charge >= 0.3 is 0 Å². The molecular formula is C17H31NOS. The maximum atomic E-state index is 6.21. The molecule has 1 aliphatic carbocycles. The molecule has 20 heavy (non-hydrogen) atoms. The Morgan fingerprint density at radius 2 is 1.65 bits per heavy atom. The number of rotatable bonds is 2. The third-order valence-corrected chi connectivity index (χ3v) is 6.69. The van der Waals surface area contributed by atoms with E-state index in [1.54, 1.807) is 0 Å². The van der Waals surface area contributed by atoms with Gasteiger partial charge in [0.1, 0.15) is 0 Å². The highest BCUT2D eigenvalue weighted by atomic mass is 32.2. The van der Waals surface area contributed by atoms with Crippen molar-refractivity contribution in [2.75, 3.05) is 18.1 Å². The Kier molecular flexibility index (Phi) is 4.69. The Morgan fingerprint density at radius 1 is 0.950 bits per heavy atom. The SMILES string of the molecule is CC1(C)CCC(NC2CCOC3(CCSCC3)C2)CC1. The van der Waals surface area contributed by atoms with Gasteiger partial charge in [0.05, 0.1) is 5.60 Å². The summed E-state index contributed by atoms with van der Waals surface area (Å²) in [5, 5.41) is 3.98. The third-order valence-electron chi connectivity index (χ3n) is 5.71. The van der Waals surface area contributed by atoms with Crippen LogP contribution in [0.5, 0.6) is 0 Å². The van der Waals surface area contributed by atoms with Crippen molar-refractivity contribution in [3.63, 3.8) is 0 Å². The lowest BCUT2D eigenvalue weighted by Crippen LogP contribution is -2.51. The van der Waals surface area contributed by atoms with Gasteiger partial charge in [-0.1, -0.05) is 13.8 Å². The number of ether oxygens (including phenoxy) is 1. The van der Waals surface area contributed by atoms with Crippen LogP contribution in [0.4, 0.5) is 0 Å². The van der Waals surface area contributed by atoms with Gasteiger partial charge in [-0.05, 0) is 68.3 Å². The summed E-state index contributed by atoms with van der Waals surface area (Å²) in [5.74, 6) is 2.59. The van der Waals surface area contributed by atoms with Crippen LogP contribution in [0.2, 0.25) is 0 Å². The molecule has 116 valence electrons. The minimum atomic E-state index is 0.231. The predicted molar refractivity (Wildman–Crippen MR) is 87.4 cm³/mol. The molecule has 1 spiro atoms. The number of nitrogens with one attached hydrogen (secondary N) is 1. The second kappa shape index (κ2) is 6.18. The van der Waals surface area contributed by atoms with E-state index in [-0.39, 0.29) is 5.60 Å². The topological polar surface area (TPSA) is 21.3 Å². The fraction of sp³-hybridized carbons (Fsp3) is 1.00. The van der Waals surface area contributed by atoms with Gasteiger partial charge < -0.3 is 10.1 Å². The second-order valence-corrected chi connectivity index (χ2v) is 9.16. The molecule has 3 aliphatic rings. The van der Waals surface area contributed by atoms with E-state index in [1.807, 2.05) is 0 Å². The molecule has 2 aliphatic heterocycles. The highest BCUT2D eigenvalue weighted by Crippen LogP contribution is 2.39. The molecule has 0 aromatic carbocycles. The number of hydrogen-bond acceptors (Lipinski definition) is 3. The van der Waals surface area contributed by atoms with Gasteiger partial charge in [-0.25, -0.2) is 0 Å². The maximum Gasteiger partial charge on any atom is 0.0713 e. The highest BCUT2D eigenvalue weighted by molar-refractivity contribution is 7.99. The fourth-order valence-corrected chi connectivity index (χ4v) is 5.40. The first-order valence-corrected chi connectivity index (χ1v) is 9.70. The summed E-state index contributed by atoms with van der Waals surface area (Å²) in [7, 11) is 0. The molecule has 1 atom stereocenters. The molecule has 3 fully saturated rings. The first-order chi connectivity index (χ1) is 9.57. The number of thioether (sulfide) groups is 1. The Hall–Kier alpha value is 0.270. The van der Waals surface area contributed by atoms with Crippen LogP contribution in [0.15, 0.2) is 0 Å². The van der Waals surface area contributed by atoms with Crippen molar-refractivity contribution in [2.24, 2.45) is 5.41 Å². The zero-order chi connectivity index (χ0) is 14.1. The standard InChI is InChI=1S/C17H31NOS/c1-16(2)6-3-14(4-7-16)18-15-5-10-19-17(13-15)8-11-20-12-9-17/h14-15,18H,3-13H2,1-2H3. The van der Waals surface area contributed by atoms with Gasteiger partial charge in [0, 0.05) is 18.7 Å². The molecule has 0 amide bonds. The average Bonchev–Trinajstić information content (AvgIpc) is 2.42. The van der Waals surface area contributed by atoms with Crippen molar-refractivity contribution in [1.82, 2.24) is 5.32 Å². The Bertz CT molecular complexity index is 309. The van der Waals surface area contributed by atoms with E-state index in [9.17, 15) is 0 Å². The first kappa shape index (κ1) is 15.2. The first-order valence-electron chi connectivity index (χ1n) is 8.55. The smallest absolute Gasteiger partial charge is 0.0713 e. The third kappa shape index (κ3) is 3.72. The lowest BCUT2D eigenvalue weighted by Gasteiger charge is -2.45. The van der Waals surface area contributed by atoms with Crippen molar-refractivity contribution >= 4 is 11.8 Å². The van der Waals surface area contributed by atoms with Gasteiger partial charge in [0.15, 0.2) is 0 Å². The summed E-state index contributed by atoms with van der Waals surface area (Å²) in [6, 6.07) is 1.47. The molecule has 0 radical (unpaired) electrons. The fourth-order valence-electron chi connectivity index (χ4n) is 4.16. The van der Waals surface area contributed by atoms with E-state index in [4.69, 9.17) is 4.74 Å². The van der Waals surface area contributed by atoms with Crippen molar-refractivity contribution in [3.05, 3.63) is 0 Å². The average molecular weight is 298 g/mol. The van der Waals surface area contributed by atoms with Gasteiger partial charge in [-0.3, -0.25) is 0 Å². The quantitative estimate of drug-likeness (QED) is 0.833. The van der Waals surface area contributed by atoms with Crippen LogP contribution in [-0.2, 0) is 4.74 Å². The molecule has 2 nitrogen and oxygen atoms in total. The Morgan fingerprint density at radius 3 is 2.35 bits per heavy atom. The molecule has 3 heteroatoms. The van der Waals surface area contributed by atoms with E-state index in [0.29, 0.717) is 11.5 Å². The summed E-state index contributed by atoms with van der Waals surface area (Å²) in [6.07, 6.45) is 10.5.